The van der Waals surface area contributed by atoms with Crippen molar-refractivity contribution in [2.75, 3.05) is 25.0 Å². The molecule has 0 atom stereocenters. The summed E-state index contributed by atoms with van der Waals surface area (Å²) in [6.07, 6.45) is 2.32. The van der Waals surface area contributed by atoms with Crippen molar-refractivity contribution in [1.29, 1.82) is 0 Å². The molecule has 2 rings (SSSR count). The molecule has 2 N–H and O–H groups in total. The van der Waals surface area contributed by atoms with Crippen LogP contribution in [0.4, 0.5) is 5.69 Å². The summed E-state index contributed by atoms with van der Waals surface area (Å²) in [6.45, 7) is 4.88. The Bertz CT molecular complexity index is 364. The van der Waals surface area contributed by atoms with Crippen LogP contribution in [-0.4, -0.2) is 36.5 Å². The molecule has 5 heteroatoms. The summed E-state index contributed by atoms with van der Waals surface area (Å²) in [6, 6.07) is 8.29. The van der Waals surface area contributed by atoms with Gasteiger partial charge in [0, 0.05) is 16.7 Å². The number of benzene rings is 1. The van der Waals surface area contributed by atoms with E-state index in [1.165, 1.54) is 5.69 Å². The smallest absolute Gasteiger partial charge is 0.376 e. The summed E-state index contributed by atoms with van der Waals surface area (Å²) in [5.41, 5.74) is 1.18. The van der Waals surface area contributed by atoms with Gasteiger partial charge in [-0.05, 0) is 62.9 Å². The predicted octanol–water partition coefficient (Wildman–Crippen LogP) is 2.68. The zero-order valence-corrected chi connectivity index (χ0v) is 12.4. The van der Waals surface area contributed by atoms with Gasteiger partial charge < -0.3 is 15.2 Å². The van der Waals surface area contributed by atoms with Crippen molar-refractivity contribution < 1.29 is 5.02 Å². The van der Waals surface area contributed by atoms with Crippen molar-refractivity contribution in [2.45, 2.75) is 19.7 Å². The van der Waals surface area contributed by atoms with Crippen LogP contribution in [0.2, 0.25) is 6.82 Å². The number of piperidine rings is 1. The molecule has 0 radical (unpaired) electrons. The zero-order chi connectivity index (χ0) is 13.0. The summed E-state index contributed by atoms with van der Waals surface area (Å²) in [4.78, 5) is 2.14. The summed E-state index contributed by atoms with van der Waals surface area (Å²) < 4.78 is 1.11. The van der Waals surface area contributed by atoms with E-state index in [1.807, 2.05) is 6.82 Å². The average molecular weight is 311 g/mol. The van der Waals surface area contributed by atoms with Crippen LogP contribution < -0.4 is 5.32 Å². The van der Waals surface area contributed by atoms with Crippen molar-refractivity contribution in [2.24, 2.45) is 5.92 Å². The van der Waals surface area contributed by atoms with Gasteiger partial charge in [-0.2, -0.15) is 0 Å². The number of halogens is 1. The van der Waals surface area contributed by atoms with E-state index >= 15 is 0 Å². The fourth-order valence-corrected chi connectivity index (χ4v) is 2.62. The van der Waals surface area contributed by atoms with Crippen LogP contribution in [0.5, 0.6) is 0 Å². The molecule has 1 aromatic rings. The second-order valence-corrected chi connectivity index (χ2v) is 5.91. The maximum atomic E-state index is 9.50. The van der Waals surface area contributed by atoms with Gasteiger partial charge in [-0.15, -0.1) is 0 Å². The molecule has 1 fully saturated rings. The minimum absolute atomic E-state index is 0.301. The molecule has 0 aliphatic carbocycles. The largest absolute Gasteiger partial charge is 0.437 e. The first-order valence-corrected chi connectivity index (χ1v) is 7.36. The highest BCUT2D eigenvalue weighted by molar-refractivity contribution is 9.10. The number of anilines is 1. The molecule has 1 saturated heterocycles. The van der Waals surface area contributed by atoms with Gasteiger partial charge in [-0.1, -0.05) is 15.9 Å². The topological polar surface area (TPSA) is 35.5 Å². The van der Waals surface area contributed by atoms with E-state index < -0.39 is 0 Å². The molecule has 1 aliphatic rings. The zero-order valence-electron chi connectivity index (χ0n) is 10.8. The number of nitrogens with one attached hydrogen (secondary N) is 1. The normalized spacial score (nSPS) is 17.7. The van der Waals surface area contributed by atoms with Gasteiger partial charge in [0.05, 0.1) is 0 Å². The molecule has 3 nitrogen and oxygen atoms in total. The number of hydrogen-bond donors (Lipinski definition) is 2. The van der Waals surface area contributed by atoms with Crippen LogP contribution in [0.3, 0.4) is 0 Å². The molecule has 98 valence electrons. The summed E-state index contributed by atoms with van der Waals surface area (Å²) in [7, 11) is -0.301. The summed E-state index contributed by atoms with van der Waals surface area (Å²) >= 11 is 3.44. The van der Waals surface area contributed by atoms with Gasteiger partial charge >= 0.3 is 7.05 Å². The van der Waals surface area contributed by atoms with Gasteiger partial charge in [0.25, 0.3) is 0 Å². The number of hydrogen-bond acceptors (Lipinski definition) is 3. The molecule has 0 aromatic heterocycles. The number of nitrogens with zero attached hydrogens (tertiary/aromatic N) is 1. The molecular weight excluding hydrogens is 291 g/mol. The fraction of sp³-hybridized carbons (Fsp3) is 0.538. The predicted molar refractivity (Wildman–Crippen MR) is 80.8 cm³/mol. The van der Waals surface area contributed by atoms with E-state index in [1.54, 1.807) is 0 Å². The highest BCUT2D eigenvalue weighted by Gasteiger charge is 2.23. The Hall–Kier alpha value is -0.515. The Balaban J connectivity index is 1.74. The van der Waals surface area contributed by atoms with Crippen molar-refractivity contribution >= 4 is 28.7 Å². The Morgan fingerprint density at radius 3 is 2.50 bits per heavy atom. The van der Waals surface area contributed by atoms with E-state index in [4.69, 9.17) is 0 Å². The van der Waals surface area contributed by atoms with Crippen LogP contribution in [0.15, 0.2) is 28.7 Å². The van der Waals surface area contributed by atoms with Crippen LogP contribution in [0, 0.1) is 5.92 Å². The minimum Gasteiger partial charge on any atom is -0.437 e. The minimum atomic E-state index is -0.301. The van der Waals surface area contributed by atoms with E-state index in [0.29, 0.717) is 5.92 Å². The van der Waals surface area contributed by atoms with Gasteiger partial charge in [-0.3, -0.25) is 0 Å². The molecule has 0 spiro atoms. The summed E-state index contributed by atoms with van der Waals surface area (Å²) in [5, 5.41) is 13.0. The van der Waals surface area contributed by atoms with E-state index in [0.717, 1.165) is 36.9 Å². The van der Waals surface area contributed by atoms with Gasteiger partial charge in [0.2, 0.25) is 0 Å². The Kier molecular flexibility index (Phi) is 5.09. The first-order valence-electron chi connectivity index (χ1n) is 6.56. The maximum Gasteiger partial charge on any atom is 0.376 e. The Morgan fingerprint density at radius 2 is 1.94 bits per heavy atom. The quantitative estimate of drug-likeness (QED) is 0.839. The first-order chi connectivity index (χ1) is 8.65. The Morgan fingerprint density at radius 1 is 1.33 bits per heavy atom. The van der Waals surface area contributed by atoms with Crippen LogP contribution in [0.1, 0.15) is 12.8 Å². The molecule has 1 aliphatic heterocycles. The molecule has 0 saturated carbocycles. The first kappa shape index (κ1) is 13.9. The highest BCUT2D eigenvalue weighted by atomic mass is 79.9. The molecule has 0 amide bonds. The third kappa shape index (κ3) is 4.00. The second-order valence-electron chi connectivity index (χ2n) is 5.00. The van der Waals surface area contributed by atoms with Crippen LogP contribution in [0.25, 0.3) is 0 Å². The molecule has 18 heavy (non-hydrogen) atoms. The fourth-order valence-electron chi connectivity index (χ4n) is 2.36. The lowest BCUT2D eigenvalue weighted by Gasteiger charge is -2.32. The molecule has 0 unspecified atom stereocenters. The van der Waals surface area contributed by atoms with Gasteiger partial charge in [-0.25, -0.2) is 0 Å². The van der Waals surface area contributed by atoms with Crippen LogP contribution >= 0.6 is 15.9 Å². The third-order valence-corrected chi connectivity index (χ3v) is 4.15. The molecule has 1 heterocycles. The van der Waals surface area contributed by atoms with Gasteiger partial charge in [0.1, 0.15) is 0 Å². The molecular formula is C13H20BBrN2O. The number of rotatable bonds is 4. The van der Waals surface area contributed by atoms with E-state index in [-0.39, 0.29) is 7.05 Å². The van der Waals surface area contributed by atoms with Crippen molar-refractivity contribution in [3.8, 4) is 0 Å². The molecule has 0 bridgehead atoms. The molecule has 1 aromatic carbocycles. The standard InChI is InChI=1S/C13H20BBrN2O/c1-14(18)17-8-6-11(7-9-17)10-16-13-4-2-12(15)3-5-13/h2-5,11,16,18H,6-10H2,1H3. The van der Waals surface area contributed by atoms with Gasteiger partial charge in [0.15, 0.2) is 0 Å². The lowest BCUT2D eigenvalue weighted by Crippen LogP contribution is -2.43. The van der Waals surface area contributed by atoms with Crippen LogP contribution in [-0.2, 0) is 0 Å². The van der Waals surface area contributed by atoms with Crippen molar-refractivity contribution in [3.05, 3.63) is 28.7 Å². The van der Waals surface area contributed by atoms with E-state index in [9.17, 15) is 5.02 Å². The second kappa shape index (κ2) is 6.59. The SMILES string of the molecule is CB(O)N1CCC(CNc2ccc(Br)cc2)CC1. The third-order valence-electron chi connectivity index (χ3n) is 3.62. The lowest BCUT2D eigenvalue weighted by atomic mass is 9.81. The maximum absolute atomic E-state index is 9.50. The Labute approximate surface area is 118 Å². The average Bonchev–Trinajstić information content (AvgIpc) is 2.38. The summed E-state index contributed by atoms with van der Waals surface area (Å²) in [5.74, 6) is 0.712. The monoisotopic (exact) mass is 310 g/mol. The lowest BCUT2D eigenvalue weighted by molar-refractivity contribution is 0.258. The van der Waals surface area contributed by atoms with E-state index in [2.05, 4.69) is 50.3 Å². The van der Waals surface area contributed by atoms with Crippen molar-refractivity contribution in [1.82, 2.24) is 4.81 Å². The van der Waals surface area contributed by atoms with Crippen molar-refractivity contribution in [3.63, 3.8) is 0 Å². The highest BCUT2D eigenvalue weighted by Crippen LogP contribution is 2.19.